The van der Waals surface area contributed by atoms with E-state index in [0.717, 1.165) is 24.4 Å². The van der Waals surface area contributed by atoms with Crippen molar-refractivity contribution in [2.75, 3.05) is 19.8 Å². The molecule has 14 heavy (non-hydrogen) atoms. The Labute approximate surface area is 102 Å². The highest BCUT2D eigenvalue weighted by atomic mass is 79.9. The van der Waals surface area contributed by atoms with Crippen LogP contribution in [0.15, 0.2) is 22.9 Å². The van der Waals surface area contributed by atoms with Gasteiger partial charge in [-0.2, -0.15) is 0 Å². The van der Waals surface area contributed by atoms with Crippen LogP contribution in [-0.4, -0.2) is 24.7 Å². The van der Waals surface area contributed by atoms with Crippen LogP contribution in [0.4, 0.5) is 0 Å². The number of halogens is 2. The lowest BCUT2D eigenvalue weighted by molar-refractivity contribution is 0.0768. The van der Waals surface area contributed by atoms with Gasteiger partial charge >= 0.3 is 0 Å². The average Bonchev–Trinajstić information content (AvgIpc) is 2.20. The normalized spacial score (nSPS) is 21.4. The maximum atomic E-state index is 5.36. The van der Waals surface area contributed by atoms with Crippen molar-refractivity contribution in [3.05, 3.63) is 28.5 Å². The summed E-state index contributed by atoms with van der Waals surface area (Å²) in [5.41, 5.74) is 1.18. The molecule has 0 aliphatic carbocycles. The molecule has 1 fully saturated rings. The Bertz CT molecular complexity index is 273. The summed E-state index contributed by atoms with van der Waals surface area (Å²) in [5, 5.41) is 3.37. The zero-order chi connectivity index (χ0) is 9.10. The number of hydrogen-bond donors (Lipinski definition) is 1. The molecule has 1 saturated heterocycles. The monoisotopic (exact) mass is 322 g/mol. The second-order valence-corrected chi connectivity index (χ2v) is 3.81. The first-order valence-corrected chi connectivity index (χ1v) is 5.08. The smallest absolute Gasteiger partial charge is 0.106 e. The molecule has 1 aliphatic rings. The van der Waals surface area contributed by atoms with Crippen molar-refractivity contribution in [1.82, 2.24) is 10.3 Å². The summed E-state index contributed by atoms with van der Waals surface area (Å²) in [6, 6.07) is 4.31. The number of hydrogen-bond acceptors (Lipinski definition) is 3. The van der Waals surface area contributed by atoms with Gasteiger partial charge in [-0.3, -0.25) is 0 Å². The van der Waals surface area contributed by atoms with E-state index < -0.39 is 0 Å². The van der Waals surface area contributed by atoms with Gasteiger partial charge in [0.2, 0.25) is 0 Å². The van der Waals surface area contributed by atoms with Gasteiger partial charge < -0.3 is 10.1 Å². The largest absolute Gasteiger partial charge is 0.378 e. The minimum atomic E-state index is 0. The van der Waals surface area contributed by atoms with Gasteiger partial charge in [0.1, 0.15) is 4.60 Å². The predicted octanol–water partition coefficient (Wildman–Crippen LogP) is 2.08. The second kappa shape index (κ2) is 5.80. The molecule has 0 bridgehead atoms. The Kier molecular flexibility index (Phi) is 5.01. The molecule has 1 aliphatic heterocycles. The van der Waals surface area contributed by atoms with E-state index in [4.69, 9.17) is 4.74 Å². The lowest BCUT2D eigenvalue weighted by Crippen LogP contribution is -2.34. The number of nitrogens with zero attached hydrogens (tertiary/aromatic N) is 1. The zero-order valence-corrected chi connectivity index (χ0v) is 10.9. The fourth-order valence-electron chi connectivity index (χ4n) is 1.37. The molecule has 1 unspecified atom stereocenters. The van der Waals surface area contributed by atoms with Crippen LogP contribution in [0, 0.1) is 0 Å². The molecule has 0 radical (unpaired) electrons. The maximum Gasteiger partial charge on any atom is 0.106 e. The number of rotatable bonds is 1. The standard InChI is InChI=1S/C9H11BrN2O.BrH/c10-9-2-1-7(5-12-9)8-6-13-4-3-11-8;/h1-2,5,8,11H,3-4,6H2;1H. The van der Waals surface area contributed by atoms with Crippen LogP contribution < -0.4 is 5.32 Å². The molecule has 2 heterocycles. The van der Waals surface area contributed by atoms with E-state index in [0.29, 0.717) is 6.04 Å². The van der Waals surface area contributed by atoms with Crippen LogP contribution >= 0.6 is 32.9 Å². The Morgan fingerprint density at radius 3 is 2.93 bits per heavy atom. The van der Waals surface area contributed by atoms with Crippen LogP contribution in [0.5, 0.6) is 0 Å². The number of nitrogens with one attached hydrogen (secondary N) is 1. The zero-order valence-electron chi connectivity index (χ0n) is 7.57. The second-order valence-electron chi connectivity index (χ2n) is 3.00. The molecule has 1 aromatic rings. The van der Waals surface area contributed by atoms with E-state index in [2.05, 4.69) is 32.3 Å². The topological polar surface area (TPSA) is 34.1 Å². The molecule has 1 atom stereocenters. The summed E-state index contributed by atoms with van der Waals surface area (Å²) in [4.78, 5) is 4.18. The molecular weight excluding hydrogens is 312 g/mol. The van der Waals surface area contributed by atoms with E-state index in [1.807, 2.05) is 12.3 Å². The van der Waals surface area contributed by atoms with Crippen molar-refractivity contribution in [2.24, 2.45) is 0 Å². The fraction of sp³-hybridized carbons (Fsp3) is 0.444. The summed E-state index contributed by atoms with van der Waals surface area (Å²) in [7, 11) is 0. The summed E-state index contributed by atoms with van der Waals surface area (Å²) < 4.78 is 6.23. The van der Waals surface area contributed by atoms with Gasteiger partial charge in [-0.25, -0.2) is 4.98 Å². The Balaban J connectivity index is 0.000000980. The van der Waals surface area contributed by atoms with Crippen LogP contribution in [0.1, 0.15) is 11.6 Å². The molecule has 0 amide bonds. The number of aromatic nitrogens is 1. The third-order valence-electron chi connectivity index (χ3n) is 2.07. The van der Waals surface area contributed by atoms with Gasteiger partial charge in [0, 0.05) is 12.7 Å². The van der Waals surface area contributed by atoms with E-state index >= 15 is 0 Å². The molecule has 3 nitrogen and oxygen atoms in total. The minimum Gasteiger partial charge on any atom is -0.378 e. The van der Waals surface area contributed by atoms with Crippen molar-refractivity contribution in [1.29, 1.82) is 0 Å². The van der Waals surface area contributed by atoms with Crippen molar-refractivity contribution in [3.8, 4) is 0 Å². The van der Waals surface area contributed by atoms with E-state index in [-0.39, 0.29) is 17.0 Å². The first kappa shape index (κ1) is 12.1. The molecule has 1 N–H and O–H groups in total. The predicted molar refractivity (Wildman–Crippen MR) is 63.8 cm³/mol. The van der Waals surface area contributed by atoms with Crippen LogP contribution in [-0.2, 0) is 4.74 Å². The summed E-state index contributed by atoms with van der Waals surface area (Å²) >= 11 is 3.31. The molecule has 2 rings (SSSR count). The van der Waals surface area contributed by atoms with E-state index in [1.165, 1.54) is 5.56 Å². The highest BCUT2D eigenvalue weighted by molar-refractivity contribution is 9.10. The first-order chi connectivity index (χ1) is 6.36. The maximum absolute atomic E-state index is 5.36. The fourth-order valence-corrected chi connectivity index (χ4v) is 1.61. The van der Waals surface area contributed by atoms with Gasteiger partial charge in [-0.1, -0.05) is 6.07 Å². The highest BCUT2D eigenvalue weighted by Crippen LogP contribution is 2.16. The lowest BCUT2D eigenvalue weighted by Gasteiger charge is -2.23. The van der Waals surface area contributed by atoms with Crippen LogP contribution in [0.2, 0.25) is 0 Å². The van der Waals surface area contributed by atoms with Gasteiger partial charge in [0.25, 0.3) is 0 Å². The molecule has 0 spiro atoms. The molecular formula is C9H12Br2N2O. The minimum absolute atomic E-state index is 0. The molecule has 5 heteroatoms. The van der Waals surface area contributed by atoms with Crippen molar-refractivity contribution in [3.63, 3.8) is 0 Å². The van der Waals surface area contributed by atoms with E-state index in [9.17, 15) is 0 Å². The Hall–Kier alpha value is 0.0300. The summed E-state index contributed by atoms with van der Waals surface area (Å²) in [5.74, 6) is 0. The summed E-state index contributed by atoms with van der Waals surface area (Å²) in [6.45, 7) is 2.46. The third-order valence-corrected chi connectivity index (χ3v) is 2.54. The number of pyridine rings is 1. The SMILES string of the molecule is Br.Brc1ccc(C2COCCN2)cn1. The van der Waals surface area contributed by atoms with Gasteiger partial charge in [-0.05, 0) is 27.6 Å². The van der Waals surface area contributed by atoms with Crippen molar-refractivity contribution >= 4 is 32.9 Å². The first-order valence-electron chi connectivity index (χ1n) is 4.29. The van der Waals surface area contributed by atoms with Crippen LogP contribution in [0.25, 0.3) is 0 Å². The average molecular weight is 324 g/mol. The molecule has 78 valence electrons. The van der Waals surface area contributed by atoms with Gasteiger partial charge in [-0.15, -0.1) is 17.0 Å². The quantitative estimate of drug-likeness (QED) is 0.804. The van der Waals surface area contributed by atoms with Gasteiger partial charge in [0.05, 0.1) is 19.3 Å². The van der Waals surface area contributed by atoms with Crippen molar-refractivity contribution in [2.45, 2.75) is 6.04 Å². The van der Waals surface area contributed by atoms with Gasteiger partial charge in [0.15, 0.2) is 0 Å². The highest BCUT2D eigenvalue weighted by Gasteiger charge is 2.14. The van der Waals surface area contributed by atoms with Crippen molar-refractivity contribution < 1.29 is 4.74 Å². The molecule has 1 aromatic heterocycles. The summed E-state index contributed by atoms with van der Waals surface area (Å²) in [6.07, 6.45) is 1.87. The third kappa shape index (κ3) is 3.02. The molecule has 0 aromatic carbocycles. The lowest BCUT2D eigenvalue weighted by atomic mass is 10.1. The van der Waals surface area contributed by atoms with E-state index in [1.54, 1.807) is 0 Å². The Morgan fingerprint density at radius 2 is 2.36 bits per heavy atom. The Morgan fingerprint density at radius 1 is 1.50 bits per heavy atom. The number of morpholine rings is 1. The number of ether oxygens (including phenoxy) is 1. The molecule has 0 saturated carbocycles. The van der Waals surface area contributed by atoms with Crippen LogP contribution in [0.3, 0.4) is 0 Å².